The minimum atomic E-state index is -0.574. The van der Waals surface area contributed by atoms with E-state index in [2.05, 4.69) is 10.9 Å². The van der Waals surface area contributed by atoms with Crippen molar-refractivity contribution in [3.63, 3.8) is 0 Å². The number of carbonyl (C=O) groups is 2. The predicted octanol–water partition coefficient (Wildman–Crippen LogP) is 3.61. The van der Waals surface area contributed by atoms with Crippen molar-refractivity contribution >= 4 is 41.1 Å². The van der Waals surface area contributed by atoms with Crippen LogP contribution in [0, 0.1) is 5.82 Å². The van der Waals surface area contributed by atoms with Crippen molar-refractivity contribution < 1.29 is 14.0 Å². The predicted molar refractivity (Wildman–Crippen MR) is 87.5 cm³/mol. The average Bonchev–Trinajstić information content (AvgIpc) is 2.52. The lowest BCUT2D eigenvalue weighted by Crippen LogP contribution is -2.40. The van der Waals surface area contributed by atoms with Crippen molar-refractivity contribution in [3.05, 3.63) is 75.5 Å². The first-order chi connectivity index (χ1) is 11.0. The van der Waals surface area contributed by atoms with Crippen LogP contribution in [-0.2, 0) is 4.79 Å². The van der Waals surface area contributed by atoms with Crippen LogP contribution in [0.5, 0.6) is 0 Å². The van der Waals surface area contributed by atoms with Crippen molar-refractivity contribution in [3.8, 4) is 0 Å². The molecule has 0 aliphatic carbocycles. The summed E-state index contributed by atoms with van der Waals surface area (Å²) in [5.74, 6) is -1.48. The van der Waals surface area contributed by atoms with Gasteiger partial charge in [-0.15, -0.1) is 0 Å². The first-order valence-electron chi connectivity index (χ1n) is 6.45. The summed E-state index contributed by atoms with van der Waals surface area (Å²) in [4.78, 5) is 23.5. The van der Waals surface area contributed by atoms with Crippen molar-refractivity contribution in [1.82, 2.24) is 10.9 Å². The Morgan fingerprint density at radius 2 is 1.70 bits per heavy atom. The fourth-order valence-corrected chi connectivity index (χ4v) is 2.14. The van der Waals surface area contributed by atoms with Gasteiger partial charge in [-0.2, -0.15) is 0 Å². The second kappa shape index (κ2) is 7.76. The fraction of sp³-hybridized carbons (Fsp3) is 0. The third kappa shape index (κ3) is 5.09. The van der Waals surface area contributed by atoms with Crippen LogP contribution in [0.25, 0.3) is 6.08 Å². The highest BCUT2D eigenvalue weighted by atomic mass is 35.5. The quantitative estimate of drug-likeness (QED) is 0.654. The third-order valence-electron chi connectivity index (χ3n) is 2.77. The number of nitrogens with one attached hydrogen (secondary N) is 2. The number of amides is 2. The van der Waals surface area contributed by atoms with Crippen LogP contribution in [-0.4, -0.2) is 11.8 Å². The summed E-state index contributed by atoms with van der Waals surface area (Å²) in [6.07, 6.45) is 2.69. The molecule has 0 bridgehead atoms. The Balaban J connectivity index is 1.91. The van der Waals surface area contributed by atoms with Gasteiger partial charge in [0.25, 0.3) is 11.8 Å². The molecule has 0 radical (unpaired) electrons. The molecule has 2 N–H and O–H groups in total. The molecule has 0 atom stereocenters. The number of hydrogen-bond acceptors (Lipinski definition) is 2. The molecule has 0 heterocycles. The Bertz CT molecular complexity index is 761. The highest BCUT2D eigenvalue weighted by Crippen LogP contribution is 2.20. The molecule has 0 aromatic heterocycles. The first kappa shape index (κ1) is 17.0. The molecular formula is C16H11Cl2FN2O2. The molecule has 0 saturated carbocycles. The van der Waals surface area contributed by atoms with E-state index in [0.29, 0.717) is 10.6 Å². The molecular weight excluding hydrogens is 342 g/mol. The molecule has 7 heteroatoms. The molecule has 0 unspecified atom stereocenters. The molecule has 4 nitrogen and oxygen atoms in total. The summed E-state index contributed by atoms with van der Waals surface area (Å²) in [6.45, 7) is 0. The molecule has 0 aliphatic heterocycles. The van der Waals surface area contributed by atoms with E-state index >= 15 is 0 Å². The van der Waals surface area contributed by atoms with Gasteiger partial charge in [0.1, 0.15) is 5.82 Å². The van der Waals surface area contributed by atoms with E-state index < -0.39 is 11.8 Å². The molecule has 2 aromatic rings. The van der Waals surface area contributed by atoms with Crippen LogP contribution in [0.4, 0.5) is 4.39 Å². The number of halogens is 3. The van der Waals surface area contributed by atoms with Gasteiger partial charge in [0.05, 0.1) is 10.6 Å². The van der Waals surface area contributed by atoms with E-state index in [9.17, 15) is 14.0 Å². The second-order valence-electron chi connectivity index (χ2n) is 4.45. The monoisotopic (exact) mass is 352 g/mol. The largest absolute Gasteiger partial charge is 0.271 e. The minimum absolute atomic E-state index is 0.172. The zero-order valence-electron chi connectivity index (χ0n) is 11.6. The summed E-state index contributed by atoms with van der Waals surface area (Å²) < 4.78 is 12.7. The first-order valence-corrected chi connectivity index (χ1v) is 7.20. The molecule has 23 heavy (non-hydrogen) atoms. The number of rotatable bonds is 3. The van der Waals surface area contributed by atoms with Gasteiger partial charge in [-0.3, -0.25) is 20.4 Å². The summed E-state index contributed by atoms with van der Waals surface area (Å²) in [5, 5.41) is 0.573. The standard InChI is InChI=1S/C16H11Cl2FN2O2/c17-11-4-7-13(14(18)9-11)16(23)21-20-15(22)8-3-10-1-5-12(19)6-2-10/h1-9H,(H,20,22)(H,21,23). The van der Waals surface area contributed by atoms with Crippen LogP contribution in [0.3, 0.4) is 0 Å². The zero-order valence-corrected chi connectivity index (χ0v) is 13.2. The minimum Gasteiger partial charge on any atom is -0.268 e. The molecule has 0 fully saturated rings. The highest BCUT2D eigenvalue weighted by molar-refractivity contribution is 6.36. The van der Waals surface area contributed by atoms with Crippen molar-refractivity contribution in [2.24, 2.45) is 0 Å². The van der Waals surface area contributed by atoms with Crippen LogP contribution in [0.15, 0.2) is 48.5 Å². The maximum Gasteiger partial charge on any atom is 0.271 e. The van der Waals surface area contributed by atoms with Gasteiger partial charge < -0.3 is 0 Å². The number of carbonyl (C=O) groups excluding carboxylic acids is 2. The second-order valence-corrected chi connectivity index (χ2v) is 5.30. The van der Waals surface area contributed by atoms with E-state index in [1.807, 2.05) is 0 Å². The Morgan fingerprint density at radius 3 is 2.35 bits per heavy atom. The molecule has 2 rings (SSSR count). The van der Waals surface area contributed by atoms with E-state index in [1.54, 1.807) is 0 Å². The van der Waals surface area contributed by atoms with Gasteiger partial charge in [0.15, 0.2) is 0 Å². The van der Waals surface area contributed by atoms with Crippen LogP contribution >= 0.6 is 23.2 Å². The van der Waals surface area contributed by atoms with E-state index in [-0.39, 0.29) is 16.4 Å². The Morgan fingerprint density at radius 1 is 1.00 bits per heavy atom. The zero-order chi connectivity index (χ0) is 16.8. The normalized spacial score (nSPS) is 10.6. The van der Waals surface area contributed by atoms with Crippen LogP contribution < -0.4 is 10.9 Å². The average molecular weight is 353 g/mol. The Labute approximate surface area is 141 Å². The maximum absolute atomic E-state index is 12.7. The topological polar surface area (TPSA) is 58.2 Å². The van der Waals surface area contributed by atoms with Gasteiger partial charge in [-0.25, -0.2) is 4.39 Å². The maximum atomic E-state index is 12.7. The Hall–Kier alpha value is -2.37. The van der Waals surface area contributed by atoms with E-state index in [0.717, 1.165) is 0 Å². The molecule has 118 valence electrons. The van der Waals surface area contributed by atoms with Gasteiger partial charge in [-0.05, 0) is 42.0 Å². The number of hydrogen-bond donors (Lipinski definition) is 2. The fourth-order valence-electron chi connectivity index (χ4n) is 1.65. The van der Waals surface area contributed by atoms with Gasteiger partial charge in [0, 0.05) is 11.1 Å². The molecule has 2 amide bonds. The molecule has 0 aliphatic rings. The number of hydrazine groups is 1. The molecule has 2 aromatic carbocycles. The molecule has 0 saturated heterocycles. The Kier molecular flexibility index (Phi) is 5.73. The van der Waals surface area contributed by atoms with Gasteiger partial charge in [-0.1, -0.05) is 35.3 Å². The van der Waals surface area contributed by atoms with Gasteiger partial charge in [0.2, 0.25) is 0 Å². The highest BCUT2D eigenvalue weighted by Gasteiger charge is 2.10. The van der Waals surface area contributed by atoms with Crippen LogP contribution in [0.1, 0.15) is 15.9 Å². The van der Waals surface area contributed by atoms with Gasteiger partial charge >= 0.3 is 0 Å². The third-order valence-corrected chi connectivity index (χ3v) is 3.32. The number of benzene rings is 2. The van der Waals surface area contributed by atoms with E-state index in [4.69, 9.17) is 23.2 Å². The van der Waals surface area contributed by atoms with Crippen molar-refractivity contribution in [2.45, 2.75) is 0 Å². The smallest absolute Gasteiger partial charge is 0.268 e. The summed E-state index contributed by atoms with van der Waals surface area (Å²) in [7, 11) is 0. The van der Waals surface area contributed by atoms with E-state index in [1.165, 1.54) is 54.6 Å². The lowest BCUT2D eigenvalue weighted by atomic mass is 10.2. The summed E-state index contributed by atoms with van der Waals surface area (Å²) >= 11 is 11.6. The van der Waals surface area contributed by atoms with Crippen molar-refractivity contribution in [2.75, 3.05) is 0 Å². The lowest BCUT2D eigenvalue weighted by Gasteiger charge is -2.07. The van der Waals surface area contributed by atoms with Crippen LogP contribution in [0.2, 0.25) is 10.0 Å². The SMILES string of the molecule is O=C(C=Cc1ccc(F)cc1)NNC(=O)c1ccc(Cl)cc1Cl. The molecule has 0 spiro atoms. The summed E-state index contributed by atoms with van der Waals surface area (Å²) in [6, 6.07) is 9.98. The lowest BCUT2D eigenvalue weighted by molar-refractivity contribution is -0.117. The van der Waals surface area contributed by atoms with Crippen molar-refractivity contribution in [1.29, 1.82) is 0 Å². The summed E-state index contributed by atoms with van der Waals surface area (Å²) in [5.41, 5.74) is 5.27.